The van der Waals surface area contributed by atoms with Crippen LogP contribution in [0, 0.1) is 6.92 Å². The van der Waals surface area contributed by atoms with Gasteiger partial charge >= 0.3 is 5.97 Å². The molecule has 0 saturated carbocycles. The predicted molar refractivity (Wildman–Crippen MR) is 61.7 cm³/mol. The third-order valence-electron chi connectivity index (χ3n) is 2.55. The Morgan fingerprint density at radius 2 is 2.16 bits per heavy atom. The molecule has 1 N–H and O–H groups in total. The molecule has 0 bridgehead atoms. The number of methoxy groups -OCH3 is 1. The minimum absolute atomic E-state index is 0.276. The number of esters is 1. The molecular weight excluding hydrogens is 260 g/mol. The average molecular weight is 275 g/mol. The second-order valence-electron chi connectivity index (χ2n) is 3.93. The van der Waals surface area contributed by atoms with E-state index in [-0.39, 0.29) is 12.2 Å². The fraction of sp³-hybridized carbons (Fsp3) is 0.545. The average Bonchev–Trinajstić information content (AvgIpc) is 2.76. The second-order valence-corrected chi connectivity index (χ2v) is 3.93. The van der Waals surface area contributed by atoms with Gasteiger partial charge in [-0.25, -0.2) is 8.78 Å². The lowest BCUT2D eigenvalue weighted by Crippen LogP contribution is -2.35. The van der Waals surface area contributed by atoms with Crippen molar-refractivity contribution in [1.29, 1.82) is 0 Å². The van der Waals surface area contributed by atoms with Crippen molar-refractivity contribution >= 4 is 11.9 Å². The Hall–Kier alpha value is -1.99. The number of carbonyl (C=O) groups is 2. The van der Waals surface area contributed by atoms with E-state index < -0.39 is 24.3 Å². The van der Waals surface area contributed by atoms with Crippen LogP contribution in [0.4, 0.5) is 8.78 Å². The van der Waals surface area contributed by atoms with Gasteiger partial charge in [-0.2, -0.15) is 5.10 Å². The summed E-state index contributed by atoms with van der Waals surface area (Å²) in [6.45, 7) is 2.80. The second kappa shape index (κ2) is 6.26. The molecule has 1 unspecified atom stereocenters. The topological polar surface area (TPSA) is 73.2 Å². The van der Waals surface area contributed by atoms with Crippen molar-refractivity contribution < 1.29 is 23.1 Å². The number of nitrogens with zero attached hydrogens (tertiary/aromatic N) is 2. The minimum atomic E-state index is -2.69. The molecule has 0 aliphatic carbocycles. The van der Waals surface area contributed by atoms with E-state index >= 15 is 0 Å². The van der Waals surface area contributed by atoms with Crippen LogP contribution in [-0.2, 0) is 14.3 Å². The van der Waals surface area contributed by atoms with Gasteiger partial charge < -0.3 is 10.1 Å². The highest BCUT2D eigenvalue weighted by atomic mass is 19.3. The minimum Gasteiger partial charge on any atom is -0.468 e. The molecule has 0 fully saturated rings. The van der Waals surface area contributed by atoms with E-state index in [0.29, 0.717) is 5.69 Å². The first-order valence-electron chi connectivity index (χ1n) is 5.55. The van der Waals surface area contributed by atoms with Gasteiger partial charge in [-0.05, 0) is 19.9 Å². The molecule has 19 heavy (non-hydrogen) atoms. The molecular formula is C11H15F2N3O3. The maximum absolute atomic E-state index is 12.5. The van der Waals surface area contributed by atoms with E-state index in [1.807, 2.05) is 0 Å². The Bertz CT molecular complexity index is 474. The third-order valence-corrected chi connectivity index (χ3v) is 2.55. The van der Waals surface area contributed by atoms with Gasteiger partial charge in [0.2, 0.25) is 5.91 Å². The standard InChI is InChI=1S/C11H15F2N3O3/c1-6-4-8(10(12)13)15-16(6)7(2)11(18)14-5-9(17)19-3/h4,7,10H,5H2,1-3H3,(H,14,18). The van der Waals surface area contributed by atoms with Gasteiger partial charge in [-0.1, -0.05) is 0 Å². The number of halogens is 2. The zero-order valence-electron chi connectivity index (χ0n) is 10.8. The first-order valence-corrected chi connectivity index (χ1v) is 5.55. The molecule has 0 aromatic carbocycles. The number of rotatable bonds is 5. The van der Waals surface area contributed by atoms with Crippen molar-refractivity contribution in [3.05, 3.63) is 17.5 Å². The molecule has 6 nitrogen and oxygen atoms in total. The lowest BCUT2D eigenvalue weighted by Gasteiger charge is -2.13. The summed E-state index contributed by atoms with van der Waals surface area (Å²) < 4.78 is 30.5. The third kappa shape index (κ3) is 3.73. The largest absolute Gasteiger partial charge is 0.468 e. The molecule has 1 heterocycles. The van der Waals surface area contributed by atoms with Gasteiger partial charge in [-0.15, -0.1) is 0 Å². The number of alkyl halides is 2. The summed E-state index contributed by atoms with van der Waals surface area (Å²) >= 11 is 0. The molecule has 106 valence electrons. The lowest BCUT2D eigenvalue weighted by atomic mass is 10.3. The number of aryl methyl sites for hydroxylation is 1. The van der Waals surface area contributed by atoms with Gasteiger partial charge in [0.25, 0.3) is 6.43 Å². The number of hydrogen-bond donors (Lipinski definition) is 1. The fourth-order valence-electron chi connectivity index (χ4n) is 1.50. The van der Waals surface area contributed by atoms with Gasteiger partial charge in [0.05, 0.1) is 7.11 Å². The number of nitrogens with one attached hydrogen (secondary N) is 1. The first kappa shape index (κ1) is 15.1. The van der Waals surface area contributed by atoms with Crippen LogP contribution in [-0.4, -0.2) is 35.3 Å². The van der Waals surface area contributed by atoms with Crippen LogP contribution in [0.1, 0.15) is 30.8 Å². The number of carbonyl (C=O) groups excluding carboxylic acids is 2. The van der Waals surface area contributed by atoms with Crippen molar-refractivity contribution in [3.63, 3.8) is 0 Å². The highest BCUT2D eigenvalue weighted by Gasteiger charge is 2.21. The summed E-state index contributed by atoms with van der Waals surface area (Å²) in [6, 6.07) is 0.423. The predicted octanol–water partition coefficient (Wildman–Crippen LogP) is 0.979. The van der Waals surface area contributed by atoms with Gasteiger partial charge in [-0.3, -0.25) is 14.3 Å². The smallest absolute Gasteiger partial charge is 0.325 e. The van der Waals surface area contributed by atoms with E-state index in [1.165, 1.54) is 24.8 Å². The van der Waals surface area contributed by atoms with E-state index in [2.05, 4.69) is 15.2 Å². The molecule has 0 aliphatic heterocycles. The lowest BCUT2D eigenvalue weighted by molar-refractivity contribution is -0.141. The van der Waals surface area contributed by atoms with Crippen molar-refractivity contribution in [2.45, 2.75) is 26.3 Å². The number of ether oxygens (including phenoxy) is 1. The zero-order chi connectivity index (χ0) is 14.6. The quantitative estimate of drug-likeness (QED) is 0.813. The molecule has 0 saturated heterocycles. The van der Waals surface area contributed by atoms with Crippen molar-refractivity contribution in [3.8, 4) is 0 Å². The molecule has 1 aromatic rings. The summed E-state index contributed by atoms with van der Waals surface area (Å²) in [7, 11) is 1.20. The molecule has 1 aromatic heterocycles. The van der Waals surface area contributed by atoms with E-state index in [9.17, 15) is 18.4 Å². The highest BCUT2D eigenvalue weighted by Crippen LogP contribution is 2.20. The van der Waals surface area contributed by atoms with E-state index in [1.54, 1.807) is 6.92 Å². The molecule has 0 aliphatic rings. The van der Waals surface area contributed by atoms with Crippen molar-refractivity contribution in [1.82, 2.24) is 15.1 Å². The zero-order valence-corrected chi connectivity index (χ0v) is 10.8. The van der Waals surface area contributed by atoms with Crippen LogP contribution in [0.5, 0.6) is 0 Å². The maximum Gasteiger partial charge on any atom is 0.325 e. The Kier molecular flexibility index (Phi) is 4.96. The number of hydrogen-bond acceptors (Lipinski definition) is 4. The Morgan fingerprint density at radius 3 is 2.63 bits per heavy atom. The Balaban J connectivity index is 2.74. The summed E-state index contributed by atoms with van der Waals surface area (Å²) in [6.07, 6.45) is -2.69. The molecule has 1 rings (SSSR count). The van der Waals surface area contributed by atoms with Gasteiger partial charge in [0, 0.05) is 5.69 Å². The number of amides is 1. The number of aromatic nitrogens is 2. The SMILES string of the molecule is COC(=O)CNC(=O)C(C)n1nc(C(F)F)cc1C. The molecule has 0 spiro atoms. The summed E-state index contributed by atoms with van der Waals surface area (Å²) in [5.74, 6) is -1.09. The fourth-order valence-corrected chi connectivity index (χ4v) is 1.50. The normalized spacial score (nSPS) is 12.3. The Morgan fingerprint density at radius 1 is 1.53 bits per heavy atom. The van der Waals surface area contributed by atoms with E-state index in [0.717, 1.165) is 0 Å². The monoisotopic (exact) mass is 275 g/mol. The highest BCUT2D eigenvalue weighted by molar-refractivity contribution is 5.84. The van der Waals surface area contributed by atoms with Crippen molar-refractivity contribution in [2.75, 3.05) is 13.7 Å². The van der Waals surface area contributed by atoms with E-state index in [4.69, 9.17) is 0 Å². The summed E-state index contributed by atoms with van der Waals surface area (Å²) in [5, 5.41) is 6.00. The molecule has 8 heteroatoms. The molecule has 1 atom stereocenters. The molecule has 1 amide bonds. The van der Waals surface area contributed by atoms with Gasteiger partial charge in [0.1, 0.15) is 18.3 Å². The van der Waals surface area contributed by atoms with Crippen LogP contribution >= 0.6 is 0 Å². The molecule has 0 radical (unpaired) electrons. The van der Waals surface area contributed by atoms with Gasteiger partial charge in [0.15, 0.2) is 0 Å². The van der Waals surface area contributed by atoms with Crippen LogP contribution in [0.15, 0.2) is 6.07 Å². The maximum atomic E-state index is 12.5. The van der Waals surface area contributed by atoms with Crippen LogP contribution in [0.2, 0.25) is 0 Å². The van der Waals surface area contributed by atoms with Crippen LogP contribution in [0.3, 0.4) is 0 Å². The van der Waals surface area contributed by atoms with Crippen molar-refractivity contribution in [2.24, 2.45) is 0 Å². The Labute approximate surface area is 108 Å². The van der Waals surface area contributed by atoms with Crippen LogP contribution in [0.25, 0.3) is 0 Å². The summed E-state index contributed by atoms with van der Waals surface area (Å²) in [4.78, 5) is 22.6. The summed E-state index contributed by atoms with van der Waals surface area (Å²) in [5.41, 5.74) is 0.0566. The van der Waals surface area contributed by atoms with Crippen LogP contribution < -0.4 is 5.32 Å². The first-order chi connectivity index (χ1) is 8.86.